The number of hydrogen-bond acceptors (Lipinski definition) is 3. The topological polar surface area (TPSA) is 73.0 Å². The molecule has 3 saturated heterocycles. The molecule has 0 radical (unpaired) electrons. The van der Waals surface area contributed by atoms with Gasteiger partial charge in [-0.15, -0.1) is 0 Å². The summed E-state index contributed by atoms with van der Waals surface area (Å²) in [6.45, 7) is 6.71. The molecule has 1 spiro atoms. The third kappa shape index (κ3) is 2.93. The Morgan fingerprint density at radius 2 is 1.79 bits per heavy atom. The fourth-order valence-corrected chi connectivity index (χ4v) is 5.41. The molecule has 0 unspecified atom stereocenters. The molecule has 4 rings (SSSR count). The molecule has 3 heterocycles. The Hall–Kier alpha value is -2.57. The number of fused-ring (bicyclic) bond motifs is 2. The quantitative estimate of drug-likeness (QED) is 0.848. The lowest BCUT2D eigenvalue weighted by molar-refractivity contribution is -0.136. The van der Waals surface area contributed by atoms with E-state index in [2.05, 4.69) is 5.32 Å². The maximum Gasteiger partial charge on any atom is 0.321 e. The molecule has 0 aromatic heterocycles. The normalized spacial score (nSPS) is 25.9. The first-order chi connectivity index (χ1) is 13.5. The van der Waals surface area contributed by atoms with E-state index in [4.69, 9.17) is 0 Å². The molecule has 7 heteroatoms. The number of piperidine rings is 1. The van der Waals surface area contributed by atoms with Crippen molar-refractivity contribution in [1.82, 2.24) is 14.7 Å². The largest absolute Gasteiger partial charge is 0.342 e. The number of nitrogens with zero attached hydrogens (tertiary/aromatic N) is 3. The van der Waals surface area contributed by atoms with Gasteiger partial charge in [-0.05, 0) is 31.9 Å². The van der Waals surface area contributed by atoms with Crippen molar-refractivity contribution in [2.75, 3.05) is 38.0 Å². The van der Waals surface area contributed by atoms with Gasteiger partial charge < -0.3 is 20.0 Å². The van der Waals surface area contributed by atoms with E-state index in [1.54, 1.807) is 6.92 Å². The van der Waals surface area contributed by atoms with E-state index in [0.29, 0.717) is 32.7 Å². The van der Waals surface area contributed by atoms with E-state index in [1.165, 1.54) is 0 Å². The molecule has 3 aliphatic rings. The molecule has 3 aliphatic heterocycles. The first-order valence-electron chi connectivity index (χ1n) is 10.1. The highest BCUT2D eigenvalue weighted by molar-refractivity contribution is 5.89. The van der Waals surface area contributed by atoms with Crippen molar-refractivity contribution in [2.24, 2.45) is 11.8 Å². The summed E-state index contributed by atoms with van der Waals surface area (Å²) >= 11 is 0. The number of para-hydroxylation sites is 1. The van der Waals surface area contributed by atoms with E-state index < -0.39 is 0 Å². The summed E-state index contributed by atoms with van der Waals surface area (Å²) < 4.78 is 0. The molecule has 4 amide bonds. The van der Waals surface area contributed by atoms with Crippen LogP contribution in [0.1, 0.15) is 26.7 Å². The minimum Gasteiger partial charge on any atom is -0.342 e. The number of nitrogens with one attached hydrogen (secondary N) is 1. The Morgan fingerprint density at radius 3 is 2.39 bits per heavy atom. The Morgan fingerprint density at radius 1 is 1.11 bits per heavy atom. The molecule has 1 N–H and O–H groups in total. The average Bonchev–Trinajstić information content (AvgIpc) is 3.23. The van der Waals surface area contributed by atoms with E-state index >= 15 is 0 Å². The molecule has 0 saturated carbocycles. The Balaban J connectivity index is 1.47. The van der Waals surface area contributed by atoms with Gasteiger partial charge in [0, 0.05) is 51.3 Å². The highest BCUT2D eigenvalue weighted by Gasteiger charge is 2.61. The summed E-state index contributed by atoms with van der Waals surface area (Å²) in [6, 6.07) is 9.35. The highest BCUT2D eigenvalue weighted by atomic mass is 16.2. The van der Waals surface area contributed by atoms with Gasteiger partial charge in [-0.1, -0.05) is 18.2 Å². The van der Waals surface area contributed by atoms with Gasteiger partial charge in [0.1, 0.15) is 0 Å². The Labute approximate surface area is 165 Å². The summed E-state index contributed by atoms with van der Waals surface area (Å²) in [5.74, 6) is 0.301. The summed E-state index contributed by atoms with van der Waals surface area (Å²) in [5, 5.41) is 2.95. The van der Waals surface area contributed by atoms with Crippen LogP contribution in [0.4, 0.5) is 10.5 Å². The third-order valence-corrected chi connectivity index (χ3v) is 6.83. The number of hydrogen-bond donors (Lipinski definition) is 1. The van der Waals surface area contributed by atoms with Crippen molar-refractivity contribution in [3.8, 4) is 0 Å². The van der Waals surface area contributed by atoms with Crippen molar-refractivity contribution >= 4 is 23.5 Å². The first-order valence-corrected chi connectivity index (χ1v) is 10.1. The lowest BCUT2D eigenvalue weighted by Gasteiger charge is -2.47. The lowest BCUT2D eigenvalue weighted by atomic mass is 9.75. The van der Waals surface area contributed by atoms with Crippen LogP contribution >= 0.6 is 0 Å². The van der Waals surface area contributed by atoms with Crippen molar-refractivity contribution in [2.45, 2.75) is 32.2 Å². The van der Waals surface area contributed by atoms with E-state index in [-0.39, 0.29) is 35.2 Å². The fraction of sp³-hybridized carbons (Fsp3) is 0.571. The van der Waals surface area contributed by atoms with Crippen LogP contribution in [0.15, 0.2) is 30.3 Å². The smallest absolute Gasteiger partial charge is 0.321 e. The van der Waals surface area contributed by atoms with Crippen LogP contribution in [0.5, 0.6) is 0 Å². The van der Waals surface area contributed by atoms with Crippen LogP contribution in [0.3, 0.4) is 0 Å². The molecule has 7 nitrogen and oxygen atoms in total. The van der Waals surface area contributed by atoms with Crippen molar-refractivity contribution < 1.29 is 14.4 Å². The second-order valence-corrected chi connectivity index (χ2v) is 8.11. The second kappa shape index (κ2) is 7.11. The SMILES string of the molecule is CCN1C(=O)[C@H]2CN(C(C)=O)C[C@H]2C12CCN(C(=O)Nc1ccccc1)CC2. The maximum atomic E-state index is 13.0. The van der Waals surface area contributed by atoms with Crippen molar-refractivity contribution in [3.63, 3.8) is 0 Å². The molecule has 0 aliphatic carbocycles. The first kappa shape index (κ1) is 18.8. The minimum atomic E-state index is -0.232. The zero-order valence-electron chi connectivity index (χ0n) is 16.6. The molecular formula is C21H28N4O3. The molecule has 1 aromatic carbocycles. The molecular weight excluding hydrogens is 356 g/mol. The van der Waals surface area contributed by atoms with Gasteiger partial charge in [-0.2, -0.15) is 0 Å². The van der Waals surface area contributed by atoms with Gasteiger partial charge in [-0.25, -0.2) is 4.79 Å². The number of urea groups is 1. The van der Waals surface area contributed by atoms with Gasteiger partial charge in [-0.3, -0.25) is 9.59 Å². The number of rotatable bonds is 2. The monoisotopic (exact) mass is 384 g/mol. The Bertz CT molecular complexity index is 773. The zero-order valence-corrected chi connectivity index (χ0v) is 16.6. The van der Waals surface area contributed by atoms with Crippen LogP contribution in [0.2, 0.25) is 0 Å². The van der Waals surface area contributed by atoms with Crippen LogP contribution in [-0.4, -0.2) is 70.8 Å². The predicted molar refractivity (Wildman–Crippen MR) is 106 cm³/mol. The van der Waals surface area contributed by atoms with Gasteiger partial charge in [0.15, 0.2) is 0 Å². The van der Waals surface area contributed by atoms with Crippen LogP contribution in [-0.2, 0) is 9.59 Å². The molecule has 2 atom stereocenters. The molecule has 1 aromatic rings. The van der Waals surface area contributed by atoms with E-state index in [9.17, 15) is 14.4 Å². The number of anilines is 1. The predicted octanol–water partition coefficient (Wildman–Crippen LogP) is 2.01. The lowest BCUT2D eigenvalue weighted by Crippen LogP contribution is -2.58. The van der Waals surface area contributed by atoms with Crippen molar-refractivity contribution in [1.29, 1.82) is 0 Å². The summed E-state index contributed by atoms with van der Waals surface area (Å²) in [6.07, 6.45) is 1.53. The number of carbonyl (C=O) groups is 3. The third-order valence-electron chi connectivity index (χ3n) is 6.83. The Kier molecular flexibility index (Phi) is 4.77. The number of benzene rings is 1. The summed E-state index contributed by atoms with van der Waals surface area (Å²) in [4.78, 5) is 43.2. The van der Waals surface area contributed by atoms with Crippen LogP contribution in [0.25, 0.3) is 0 Å². The zero-order chi connectivity index (χ0) is 19.9. The van der Waals surface area contributed by atoms with Crippen molar-refractivity contribution in [3.05, 3.63) is 30.3 Å². The molecule has 3 fully saturated rings. The molecule has 0 bridgehead atoms. The van der Waals surface area contributed by atoms with Gasteiger partial charge in [0.2, 0.25) is 11.8 Å². The van der Waals surface area contributed by atoms with Gasteiger partial charge in [0.05, 0.1) is 11.5 Å². The van der Waals surface area contributed by atoms with Gasteiger partial charge >= 0.3 is 6.03 Å². The molecule has 28 heavy (non-hydrogen) atoms. The number of likely N-dealkylation sites (tertiary alicyclic amines) is 3. The standard InChI is InChI=1S/C21H28N4O3/c1-3-25-19(27)17-13-24(15(2)26)14-18(17)21(25)9-11-23(12-10-21)20(28)22-16-7-5-4-6-8-16/h4-8,17-18H,3,9-14H2,1-2H3,(H,22,28)/t17-,18+/m0/s1. The second-order valence-electron chi connectivity index (χ2n) is 8.11. The number of amides is 4. The van der Waals surface area contributed by atoms with Crippen LogP contribution < -0.4 is 5.32 Å². The highest BCUT2D eigenvalue weighted by Crippen LogP contribution is 2.49. The van der Waals surface area contributed by atoms with E-state index in [0.717, 1.165) is 18.5 Å². The summed E-state index contributed by atoms with van der Waals surface area (Å²) in [5.41, 5.74) is 0.552. The average molecular weight is 384 g/mol. The maximum absolute atomic E-state index is 13.0. The van der Waals surface area contributed by atoms with Crippen LogP contribution in [0, 0.1) is 11.8 Å². The number of carbonyl (C=O) groups excluding carboxylic acids is 3. The minimum absolute atomic E-state index is 0.0417. The molecule has 150 valence electrons. The summed E-state index contributed by atoms with van der Waals surface area (Å²) in [7, 11) is 0. The van der Waals surface area contributed by atoms with E-state index in [1.807, 2.05) is 52.0 Å². The van der Waals surface area contributed by atoms with Gasteiger partial charge in [0.25, 0.3) is 0 Å². The fourth-order valence-electron chi connectivity index (χ4n) is 5.41.